The summed E-state index contributed by atoms with van der Waals surface area (Å²) in [7, 11) is -3.89. The summed E-state index contributed by atoms with van der Waals surface area (Å²) in [4.78, 5) is 29.6. The van der Waals surface area contributed by atoms with Crippen molar-refractivity contribution >= 4 is 43.5 Å². The molecule has 1 atom stereocenters. The van der Waals surface area contributed by atoms with Crippen LogP contribution in [-0.2, 0) is 39.2 Å². The quantitative estimate of drug-likeness (QED) is 0.175. The van der Waals surface area contributed by atoms with Crippen LogP contribution in [0.15, 0.2) is 114 Å². The monoisotopic (exact) mass is 705 g/mol. The van der Waals surface area contributed by atoms with Crippen LogP contribution in [0.3, 0.4) is 0 Å². The minimum atomic E-state index is -3.89. The highest BCUT2D eigenvalue weighted by Gasteiger charge is 2.34. The molecule has 8 nitrogen and oxygen atoms in total. The van der Waals surface area contributed by atoms with Gasteiger partial charge in [0.1, 0.15) is 24.9 Å². The third kappa shape index (κ3) is 10.5. The Hall–Kier alpha value is -4.15. The Bertz CT molecular complexity index is 1690. The molecule has 0 heterocycles. The molecule has 0 radical (unpaired) electrons. The van der Waals surface area contributed by atoms with E-state index in [1.165, 1.54) is 4.90 Å². The SMILES string of the molecule is CC(C)(C)NC(=O)[C@@H](Cc1ccccc1)N(Cc1ccc(Br)cc1)C(=O)CN(c1ccc(OCc2ccccc2)cc1)S(C)(=O)=O. The largest absolute Gasteiger partial charge is 0.489 e. The molecular formula is C36H40BrN3O5S. The molecule has 4 aromatic carbocycles. The minimum Gasteiger partial charge on any atom is -0.489 e. The molecule has 1 N–H and O–H groups in total. The van der Waals surface area contributed by atoms with Crippen LogP contribution < -0.4 is 14.4 Å². The number of nitrogens with zero attached hydrogens (tertiary/aromatic N) is 2. The standard InChI is InChI=1S/C36H40BrN3O5S/c1-36(2,3)38-35(42)33(23-27-11-7-5-8-12-27)39(24-28-15-17-30(37)18-16-28)34(41)25-40(46(4,43)44)31-19-21-32(22-20-31)45-26-29-13-9-6-10-14-29/h5-22,33H,23-26H2,1-4H3,(H,38,42)/t33-/m1/s1. The van der Waals surface area contributed by atoms with Gasteiger partial charge < -0.3 is 15.0 Å². The highest BCUT2D eigenvalue weighted by molar-refractivity contribution is 9.10. The maximum atomic E-state index is 14.3. The van der Waals surface area contributed by atoms with Crippen molar-refractivity contribution in [2.45, 2.75) is 51.9 Å². The predicted octanol–water partition coefficient (Wildman–Crippen LogP) is 6.35. The van der Waals surface area contributed by atoms with E-state index in [1.807, 2.05) is 106 Å². The number of ether oxygens (including phenoxy) is 1. The molecule has 4 rings (SSSR count). The van der Waals surface area contributed by atoms with Gasteiger partial charge in [0, 0.05) is 23.0 Å². The second-order valence-electron chi connectivity index (χ2n) is 12.1. The first-order valence-corrected chi connectivity index (χ1v) is 17.6. The highest BCUT2D eigenvalue weighted by atomic mass is 79.9. The van der Waals surface area contributed by atoms with Crippen molar-refractivity contribution in [2.24, 2.45) is 0 Å². The van der Waals surface area contributed by atoms with Gasteiger partial charge in [0.25, 0.3) is 0 Å². The van der Waals surface area contributed by atoms with Crippen molar-refractivity contribution < 1.29 is 22.7 Å². The van der Waals surface area contributed by atoms with Gasteiger partial charge in [0.2, 0.25) is 21.8 Å². The molecule has 46 heavy (non-hydrogen) atoms. The molecule has 0 bridgehead atoms. The summed E-state index contributed by atoms with van der Waals surface area (Å²) in [5.74, 6) is -0.276. The van der Waals surface area contributed by atoms with E-state index in [-0.39, 0.29) is 18.9 Å². The maximum Gasteiger partial charge on any atom is 0.244 e. The summed E-state index contributed by atoms with van der Waals surface area (Å²) >= 11 is 3.45. The molecule has 0 saturated heterocycles. The molecule has 10 heteroatoms. The van der Waals surface area contributed by atoms with Gasteiger partial charge in [0.05, 0.1) is 11.9 Å². The van der Waals surface area contributed by atoms with Gasteiger partial charge in [-0.3, -0.25) is 13.9 Å². The number of hydrogen-bond acceptors (Lipinski definition) is 5. The second kappa shape index (κ2) is 15.4. The molecule has 2 amide bonds. The number of hydrogen-bond donors (Lipinski definition) is 1. The maximum absolute atomic E-state index is 14.3. The lowest BCUT2D eigenvalue weighted by atomic mass is 10.0. The Morgan fingerprint density at radius 1 is 0.804 bits per heavy atom. The normalized spacial score (nSPS) is 12.2. The Morgan fingerprint density at radius 2 is 1.37 bits per heavy atom. The van der Waals surface area contributed by atoms with Crippen LogP contribution in [-0.4, -0.2) is 49.5 Å². The lowest BCUT2D eigenvalue weighted by Gasteiger charge is -2.35. The van der Waals surface area contributed by atoms with Crippen molar-refractivity contribution in [3.05, 3.63) is 130 Å². The zero-order valence-corrected chi connectivity index (χ0v) is 28.9. The van der Waals surface area contributed by atoms with Gasteiger partial charge in [-0.1, -0.05) is 88.7 Å². The van der Waals surface area contributed by atoms with Crippen LogP contribution in [0.1, 0.15) is 37.5 Å². The van der Waals surface area contributed by atoms with Crippen LogP contribution in [0.2, 0.25) is 0 Å². The predicted molar refractivity (Wildman–Crippen MR) is 186 cm³/mol. The molecule has 0 aliphatic rings. The fourth-order valence-electron chi connectivity index (χ4n) is 4.86. The number of anilines is 1. The molecule has 0 aliphatic heterocycles. The average Bonchev–Trinajstić information content (AvgIpc) is 3.01. The van der Waals surface area contributed by atoms with Crippen LogP contribution in [0.4, 0.5) is 5.69 Å². The molecule has 0 aliphatic carbocycles. The summed E-state index contributed by atoms with van der Waals surface area (Å²) < 4.78 is 34.0. The summed E-state index contributed by atoms with van der Waals surface area (Å²) in [5.41, 5.74) is 2.42. The number of amides is 2. The van der Waals surface area contributed by atoms with Crippen LogP contribution in [0.25, 0.3) is 0 Å². The average molecular weight is 707 g/mol. The van der Waals surface area contributed by atoms with Crippen LogP contribution >= 0.6 is 15.9 Å². The number of carbonyl (C=O) groups is 2. The van der Waals surface area contributed by atoms with Crippen molar-refractivity contribution in [3.63, 3.8) is 0 Å². The van der Waals surface area contributed by atoms with E-state index in [1.54, 1.807) is 24.3 Å². The summed E-state index contributed by atoms with van der Waals surface area (Å²) in [6.45, 7) is 5.61. The lowest BCUT2D eigenvalue weighted by molar-refractivity contribution is -0.140. The first-order valence-electron chi connectivity index (χ1n) is 14.9. The molecule has 0 fully saturated rings. The Morgan fingerprint density at radius 3 is 1.91 bits per heavy atom. The van der Waals surface area contributed by atoms with Crippen molar-refractivity contribution in [1.82, 2.24) is 10.2 Å². The van der Waals surface area contributed by atoms with E-state index in [2.05, 4.69) is 21.2 Å². The van der Waals surface area contributed by atoms with Crippen molar-refractivity contribution in [2.75, 3.05) is 17.1 Å². The number of benzene rings is 4. The zero-order chi connectivity index (χ0) is 33.3. The molecular weight excluding hydrogens is 666 g/mol. The first kappa shape index (κ1) is 34.7. The van der Waals surface area contributed by atoms with Crippen molar-refractivity contribution in [3.8, 4) is 5.75 Å². The number of carbonyl (C=O) groups excluding carboxylic acids is 2. The third-order valence-corrected chi connectivity index (χ3v) is 8.76. The Balaban J connectivity index is 1.65. The smallest absolute Gasteiger partial charge is 0.244 e. The molecule has 0 unspecified atom stereocenters. The second-order valence-corrected chi connectivity index (χ2v) is 15.0. The van der Waals surface area contributed by atoms with E-state index in [0.717, 1.165) is 31.7 Å². The summed E-state index contributed by atoms with van der Waals surface area (Å²) in [5, 5.41) is 3.03. The fraction of sp³-hybridized carbons (Fsp3) is 0.278. The molecule has 0 saturated carbocycles. The first-order chi connectivity index (χ1) is 21.8. The highest BCUT2D eigenvalue weighted by Crippen LogP contribution is 2.24. The van der Waals surface area contributed by atoms with Gasteiger partial charge >= 0.3 is 0 Å². The lowest BCUT2D eigenvalue weighted by Crippen LogP contribution is -2.56. The molecule has 0 aromatic heterocycles. The van der Waals surface area contributed by atoms with Crippen LogP contribution in [0, 0.1) is 0 Å². The van der Waals surface area contributed by atoms with Crippen LogP contribution in [0.5, 0.6) is 5.75 Å². The third-order valence-electron chi connectivity index (χ3n) is 7.09. The Labute approximate surface area is 280 Å². The van der Waals surface area contributed by atoms with Gasteiger partial charge in [-0.2, -0.15) is 0 Å². The number of halogens is 1. The van der Waals surface area contributed by atoms with E-state index < -0.39 is 34.1 Å². The van der Waals surface area contributed by atoms with Gasteiger partial charge in [-0.25, -0.2) is 8.42 Å². The summed E-state index contributed by atoms with van der Waals surface area (Å²) in [6.07, 6.45) is 1.31. The van der Waals surface area contributed by atoms with Gasteiger partial charge in [-0.05, 0) is 73.9 Å². The Kier molecular flexibility index (Phi) is 11.6. The van der Waals surface area contributed by atoms with Gasteiger partial charge in [-0.15, -0.1) is 0 Å². The fourth-order valence-corrected chi connectivity index (χ4v) is 5.97. The molecule has 4 aromatic rings. The number of sulfonamides is 1. The minimum absolute atomic E-state index is 0.102. The number of rotatable bonds is 13. The van der Waals surface area contributed by atoms with E-state index in [0.29, 0.717) is 18.0 Å². The zero-order valence-electron chi connectivity index (χ0n) is 26.5. The van der Waals surface area contributed by atoms with Gasteiger partial charge in [0.15, 0.2) is 0 Å². The topological polar surface area (TPSA) is 96.0 Å². The molecule has 0 spiro atoms. The molecule has 242 valence electrons. The van der Waals surface area contributed by atoms with E-state index in [4.69, 9.17) is 4.74 Å². The summed E-state index contributed by atoms with van der Waals surface area (Å²) in [6, 6.07) is 32.3. The van der Waals surface area contributed by atoms with Crippen molar-refractivity contribution in [1.29, 1.82) is 0 Å². The van der Waals surface area contributed by atoms with E-state index in [9.17, 15) is 18.0 Å². The number of nitrogens with one attached hydrogen (secondary N) is 1. The van der Waals surface area contributed by atoms with E-state index >= 15 is 0 Å².